The minimum atomic E-state index is -0.0767. The molecular formula is C13H15BrClNO2. The SMILES string of the molecule is COc1c(Cl)cc(C(=O)NC2CCCC2)cc1Br. The minimum absolute atomic E-state index is 0.0767. The van der Waals surface area contributed by atoms with Crippen LogP contribution in [0, 0.1) is 0 Å². The second-order valence-corrected chi connectivity index (χ2v) is 5.69. The first kappa shape index (κ1) is 13.7. The molecule has 0 heterocycles. The third-order valence-electron chi connectivity index (χ3n) is 3.15. The summed E-state index contributed by atoms with van der Waals surface area (Å²) in [6.07, 6.45) is 4.52. The highest BCUT2D eigenvalue weighted by atomic mass is 79.9. The Labute approximate surface area is 120 Å². The maximum atomic E-state index is 12.1. The molecule has 0 radical (unpaired) electrons. The van der Waals surface area contributed by atoms with E-state index in [2.05, 4.69) is 21.2 Å². The molecule has 0 bridgehead atoms. The molecule has 0 aromatic heterocycles. The van der Waals surface area contributed by atoms with Crippen molar-refractivity contribution in [3.63, 3.8) is 0 Å². The lowest BCUT2D eigenvalue weighted by atomic mass is 10.1. The Hall–Kier alpha value is -0.740. The Morgan fingerprint density at radius 2 is 2.11 bits per heavy atom. The standard InChI is InChI=1S/C13H15BrClNO2/c1-18-12-10(14)6-8(7-11(12)15)13(17)16-9-4-2-3-5-9/h6-7,9H,2-5H2,1H3,(H,16,17). The van der Waals surface area contributed by atoms with Crippen LogP contribution in [0.15, 0.2) is 16.6 Å². The summed E-state index contributed by atoms with van der Waals surface area (Å²) in [5.74, 6) is 0.473. The highest BCUT2D eigenvalue weighted by molar-refractivity contribution is 9.10. The molecule has 0 saturated heterocycles. The zero-order valence-corrected chi connectivity index (χ0v) is 12.5. The Morgan fingerprint density at radius 3 is 2.67 bits per heavy atom. The van der Waals surface area contributed by atoms with Gasteiger partial charge in [-0.1, -0.05) is 24.4 Å². The third-order valence-corrected chi connectivity index (χ3v) is 4.02. The summed E-state index contributed by atoms with van der Waals surface area (Å²) >= 11 is 9.41. The van der Waals surface area contributed by atoms with Crippen molar-refractivity contribution in [3.05, 3.63) is 27.2 Å². The fraction of sp³-hybridized carbons (Fsp3) is 0.462. The highest BCUT2D eigenvalue weighted by Gasteiger charge is 2.19. The molecule has 0 atom stereocenters. The lowest BCUT2D eigenvalue weighted by Crippen LogP contribution is -2.32. The van der Waals surface area contributed by atoms with Crippen molar-refractivity contribution in [1.82, 2.24) is 5.32 Å². The van der Waals surface area contributed by atoms with E-state index in [1.54, 1.807) is 19.2 Å². The molecule has 0 spiro atoms. The van der Waals surface area contributed by atoms with Crippen molar-refractivity contribution in [1.29, 1.82) is 0 Å². The Bertz CT molecular complexity index is 435. The lowest BCUT2D eigenvalue weighted by Gasteiger charge is -2.13. The van der Waals surface area contributed by atoms with E-state index in [1.165, 1.54) is 12.8 Å². The van der Waals surface area contributed by atoms with E-state index < -0.39 is 0 Å². The van der Waals surface area contributed by atoms with Gasteiger partial charge in [-0.2, -0.15) is 0 Å². The minimum Gasteiger partial charge on any atom is -0.494 e. The number of carbonyl (C=O) groups is 1. The summed E-state index contributed by atoms with van der Waals surface area (Å²) in [5.41, 5.74) is 0.555. The fourth-order valence-electron chi connectivity index (χ4n) is 2.22. The van der Waals surface area contributed by atoms with Crippen LogP contribution in [0.5, 0.6) is 5.75 Å². The summed E-state index contributed by atoms with van der Waals surface area (Å²) in [4.78, 5) is 12.1. The van der Waals surface area contributed by atoms with Gasteiger partial charge < -0.3 is 10.1 Å². The maximum Gasteiger partial charge on any atom is 0.251 e. The van der Waals surface area contributed by atoms with Crippen molar-refractivity contribution in [2.75, 3.05) is 7.11 Å². The van der Waals surface area contributed by atoms with Gasteiger partial charge in [0, 0.05) is 11.6 Å². The number of ether oxygens (including phenoxy) is 1. The summed E-state index contributed by atoms with van der Waals surface area (Å²) in [6, 6.07) is 3.67. The number of carbonyl (C=O) groups excluding carboxylic acids is 1. The first-order chi connectivity index (χ1) is 8.61. The van der Waals surface area contributed by atoms with Crippen molar-refractivity contribution in [2.45, 2.75) is 31.7 Å². The Kier molecular flexibility index (Phi) is 4.51. The van der Waals surface area contributed by atoms with E-state index in [4.69, 9.17) is 16.3 Å². The van der Waals surface area contributed by atoms with Crippen molar-refractivity contribution in [2.24, 2.45) is 0 Å². The van der Waals surface area contributed by atoms with E-state index in [9.17, 15) is 4.79 Å². The average Bonchev–Trinajstić information content (AvgIpc) is 2.81. The van der Waals surface area contributed by atoms with Crippen LogP contribution in [-0.4, -0.2) is 19.1 Å². The number of benzene rings is 1. The van der Waals surface area contributed by atoms with Crippen LogP contribution < -0.4 is 10.1 Å². The smallest absolute Gasteiger partial charge is 0.251 e. The quantitative estimate of drug-likeness (QED) is 0.914. The fourth-order valence-corrected chi connectivity index (χ4v) is 3.26. The molecule has 1 aliphatic rings. The van der Waals surface area contributed by atoms with E-state index in [0.717, 1.165) is 12.8 Å². The van der Waals surface area contributed by atoms with E-state index in [0.29, 0.717) is 26.9 Å². The maximum absolute atomic E-state index is 12.1. The van der Waals surface area contributed by atoms with E-state index in [-0.39, 0.29) is 5.91 Å². The van der Waals surface area contributed by atoms with Crippen LogP contribution in [0.2, 0.25) is 5.02 Å². The van der Waals surface area contributed by atoms with Gasteiger partial charge in [-0.25, -0.2) is 0 Å². The molecule has 0 aliphatic heterocycles. The first-order valence-electron chi connectivity index (χ1n) is 5.95. The van der Waals surface area contributed by atoms with Crippen molar-refractivity contribution >= 4 is 33.4 Å². The Balaban J connectivity index is 2.15. The van der Waals surface area contributed by atoms with Crippen molar-refractivity contribution < 1.29 is 9.53 Å². The van der Waals surface area contributed by atoms with Gasteiger partial charge in [-0.05, 0) is 40.9 Å². The number of rotatable bonds is 3. The highest BCUT2D eigenvalue weighted by Crippen LogP contribution is 2.34. The van der Waals surface area contributed by atoms with Crippen LogP contribution in [0.3, 0.4) is 0 Å². The van der Waals surface area contributed by atoms with Gasteiger partial charge in [-0.3, -0.25) is 4.79 Å². The lowest BCUT2D eigenvalue weighted by molar-refractivity contribution is 0.0938. The predicted molar refractivity (Wildman–Crippen MR) is 75.4 cm³/mol. The predicted octanol–water partition coefficient (Wildman–Crippen LogP) is 3.78. The number of amides is 1. The molecule has 1 aliphatic carbocycles. The molecular weight excluding hydrogens is 318 g/mol. The molecule has 98 valence electrons. The van der Waals surface area contributed by atoms with Crippen LogP contribution in [0.4, 0.5) is 0 Å². The van der Waals surface area contributed by atoms with Gasteiger partial charge in [0.25, 0.3) is 5.91 Å². The third kappa shape index (κ3) is 2.98. The van der Waals surface area contributed by atoms with Crippen LogP contribution in [0.1, 0.15) is 36.0 Å². The van der Waals surface area contributed by atoms with Crippen molar-refractivity contribution in [3.8, 4) is 5.75 Å². The first-order valence-corrected chi connectivity index (χ1v) is 7.13. The van der Waals surface area contributed by atoms with Gasteiger partial charge in [-0.15, -0.1) is 0 Å². The number of nitrogens with one attached hydrogen (secondary N) is 1. The monoisotopic (exact) mass is 331 g/mol. The normalized spacial score (nSPS) is 15.7. The number of hydrogen-bond donors (Lipinski definition) is 1. The molecule has 3 nitrogen and oxygen atoms in total. The molecule has 1 fully saturated rings. The van der Waals surface area contributed by atoms with Crippen LogP contribution in [0.25, 0.3) is 0 Å². The molecule has 1 aromatic rings. The average molecular weight is 333 g/mol. The van der Waals surface area contributed by atoms with Gasteiger partial charge in [0.2, 0.25) is 0 Å². The summed E-state index contributed by atoms with van der Waals surface area (Å²) in [5, 5.41) is 3.46. The molecule has 5 heteroatoms. The molecule has 18 heavy (non-hydrogen) atoms. The summed E-state index contributed by atoms with van der Waals surface area (Å²) in [7, 11) is 1.55. The summed E-state index contributed by atoms with van der Waals surface area (Å²) in [6.45, 7) is 0. The van der Waals surface area contributed by atoms with Crippen LogP contribution in [-0.2, 0) is 0 Å². The molecule has 1 aromatic carbocycles. The topological polar surface area (TPSA) is 38.3 Å². The van der Waals surface area contributed by atoms with Gasteiger partial charge >= 0.3 is 0 Å². The van der Waals surface area contributed by atoms with Crippen LogP contribution >= 0.6 is 27.5 Å². The summed E-state index contributed by atoms with van der Waals surface area (Å²) < 4.78 is 5.82. The van der Waals surface area contributed by atoms with Gasteiger partial charge in [0.15, 0.2) is 5.75 Å². The second-order valence-electron chi connectivity index (χ2n) is 4.43. The number of halogens is 2. The second kappa shape index (κ2) is 5.93. The Morgan fingerprint density at radius 1 is 1.44 bits per heavy atom. The zero-order chi connectivity index (χ0) is 13.1. The van der Waals surface area contributed by atoms with Gasteiger partial charge in [0.05, 0.1) is 16.6 Å². The molecule has 2 rings (SSSR count). The molecule has 1 N–H and O–H groups in total. The number of hydrogen-bond acceptors (Lipinski definition) is 2. The largest absolute Gasteiger partial charge is 0.494 e. The number of methoxy groups -OCH3 is 1. The molecule has 1 saturated carbocycles. The van der Waals surface area contributed by atoms with Gasteiger partial charge in [0.1, 0.15) is 0 Å². The molecule has 0 unspecified atom stereocenters. The molecule has 1 amide bonds. The zero-order valence-electron chi connectivity index (χ0n) is 10.1. The van der Waals surface area contributed by atoms with E-state index >= 15 is 0 Å². The van der Waals surface area contributed by atoms with E-state index in [1.807, 2.05) is 0 Å².